The van der Waals surface area contributed by atoms with Crippen LogP contribution in [0.2, 0.25) is 0 Å². The van der Waals surface area contributed by atoms with E-state index in [0.717, 1.165) is 16.1 Å². The summed E-state index contributed by atoms with van der Waals surface area (Å²) in [6.07, 6.45) is 8.60. The van der Waals surface area contributed by atoms with Crippen molar-refractivity contribution in [2.45, 2.75) is 53.9 Å². The Morgan fingerprint density at radius 2 is 1.47 bits per heavy atom. The van der Waals surface area contributed by atoms with Crippen molar-refractivity contribution in [2.24, 2.45) is 0 Å². The molecular weight excluding hydrogens is 226 g/mol. The summed E-state index contributed by atoms with van der Waals surface area (Å²) in [6, 6.07) is 10.6. The van der Waals surface area contributed by atoms with Crippen LogP contribution >= 0.6 is 0 Å². The standard InChI is InChI=1S/C15H18NS/c16-11-12-7-9-15(10-8-12)17-13-3-1-4-14(17)6-2-5-13/h7-10,13-14H,1-6H2/q+1. The Labute approximate surface area is 106 Å². The van der Waals surface area contributed by atoms with Gasteiger partial charge in [0.1, 0.15) is 10.5 Å². The quantitative estimate of drug-likeness (QED) is 0.692. The number of fused-ring (bicyclic) bond motifs is 2. The first-order chi connectivity index (χ1) is 8.38. The number of hydrogen-bond donors (Lipinski definition) is 0. The average Bonchev–Trinajstić information content (AvgIpc) is 2.38. The highest BCUT2D eigenvalue weighted by Gasteiger charge is 2.45. The monoisotopic (exact) mass is 244 g/mol. The van der Waals surface area contributed by atoms with Crippen LogP contribution in [0.15, 0.2) is 29.2 Å². The van der Waals surface area contributed by atoms with E-state index in [1.807, 2.05) is 12.1 Å². The predicted molar refractivity (Wildman–Crippen MR) is 72.1 cm³/mol. The van der Waals surface area contributed by atoms with Crippen LogP contribution in [0.25, 0.3) is 0 Å². The summed E-state index contributed by atoms with van der Waals surface area (Å²) in [7, 11) is 0.477. The first-order valence-electron chi connectivity index (χ1n) is 6.60. The molecule has 2 heterocycles. The van der Waals surface area contributed by atoms with Crippen molar-refractivity contribution < 1.29 is 0 Å². The van der Waals surface area contributed by atoms with E-state index >= 15 is 0 Å². The number of benzene rings is 1. The van der Waals surface area contributed by atoms with Gasteiger partial charge >= 0.3 is 0 Å². The Hall–Kier alpha value is -0.940. The molecule has 0 N–H and O–H groups in total. The molecule has 2 aliphatic rings. The van der Waals surface area contributed by atoms with E-state index < -0.39 is 0 Å². The van der Waals surface area contributed by atoms with Gasteiger partial charge in [-0.05, 0) is 62.8 Å². The lowest BCUT2D eigenvalue weighted by Gasteiger charge is -2.34. The zero-order valence-electron chi connectivity index (χ0n) is 10.1. The van der Waals surface area contributed by atoms with Crippen molar-refractivity contribution in [2.75, 3.05) is 0 Å². The minimum Gasteiger partial charge on any atom is -0.192 e. The fourth-order valence-electron chi connectivity index (χ4n) is 3.29. The van der Waals surface area contributed by atoms with Gasteiger partial charge in [-0.3, -0.25) is 0 Å². The van der Waals surface area contributed by atoms with Gasteiger partial charge < -0.3 is 0 Å². The first-order valence-corrected chi connectivity index (χ1v) is 7.95. The largest absolute Gasteiger partial charge is 0.192 e. The molecule has 2 fully saturated rings. The van der Waals surface area contributed by atoms with Gasteiger partial charge in [0.25, 0.3) is 0 Å². The Bertz CT molecular complexity index is 409. The smallest absolute Gasteiger partial charge is 0.155 e. The predicted octanol–water partition coefficient (Wildman–Crippen LogP) is 3.64. The van der Waals surface area contributed by atoms with Crippen LogP contribution in [-0.4, -0.2) is 10.5 Å². The van der Waals surface area contributed by atoms with Crippen LogP contribution in [0, 0.1) is 11.3 Å². The maximum atomic E-state index is 8.85. The maximum absolute atomic E-state index is 8.85. The molecule has 0 amide bonds. The normalized spacial score (nSPS) is 31.8. The van der Waals surface area contributed by atoms with Gasteiger partial charge in [0.2, 0.25) is 0 Å². The third kappa shape index (κ3) is 2.09. The van der Waals surface area contributed by atoms with Crippen molar-refractivity contribution in [1.82, 2.24) is 0 Å². The average molecular weight is 244 g/mol. The summed E-state index contributed by atoms with van der Waals surface area (Å²) in [5, 5.41) is 10.7. The van der Waals surface area contributed by atoms with E-state index in [1.165, 1.54) is 43.4 Å². The molecular formula is C15H18NS+. The Balaban J connectivity index is 1.89. The van der Waals surface area contributed by atoms with E-state index in [2.05, 4.69) is 18.2 Å². The van der Waals surface area contributed by atoms with E-state index in [4.69, 9.17) is 5.26 Å². The molecule has 88 valence electrons. The molecule has 0 saturated carbocycles. The van der Waals surface area contributed by atoms with Crippen molar-refractivity contribution in [3.8, 4) is 6.07 Å². The lowest BCUT2D eigenvalue weighted by molar-refractivity contribution is 0.481. The third-order valence-electron chi connectivity index (χ3n) is 4.08. The number of nitrogens with zero attached hydrogens (tertiary/aromatic N) is 1. The fraction of sp³-hybridized carbons (Fsp3) is 0.533. The molecule has 3 rings (SSSR count). The van der Waals surface area contributed by atoms with Crippen LogP contribution in [0.4, 0.5) is 0 Å². The minimum absolute atomic E-state index is 0.477. The minimum atomic E-state index is 0.477. The second-order valence-electron chi connectivity index (χ2n) is 5.11. The van der Waals surface area contributed by atoms with Gasteiger partial charge in [0.15, 0.2) is 4.90 Å². The molecule has 17 heavy (non-hydrogen) atoms. The van der Waals surface area contributed by atoms with Crippen molar-refractivity contribution >= 4 is 10.9 Å². The van der Waals surface area contributed by atoms with Gasteiger partial charge in [-0.2, -0.15) is 5.26 Å². The molecule has 0 aliphatic carbocycles. The number of rotatable bonds is 1. The second kappa shape index (κ2) is 4.74. The molecule has 1 aromatic rings. The van der Waals surface area contributed by atoms with E-state index in [9.17, 15) is 0 Å². The Kier molecular flexibility index (Phi) is 3.11. The zero-order valence-corrected chi connectivity index (χ0v) is 10.9. The third-order valence-corrected chi connectivity index (χ3v) is 7.27. The SMILES string of the molecule is N#Cc1ccc([S+]2C3CCCC2CCC3)cc1. The summed E-state index contributed by atoms with van der Waals surface area (Å²) in [5.41, 5.74) is 0.791. The Morgan fingerprint density at radius 3 is 1.94 bits per heavy atom. The van der Waals surface area contributed by atoms with E-state index in [1.54, 1.807) is 0 Å². The highest BCUT2D eigenvalue weighted by atomic mass is 32.2. The van der Waals surface area contributed by atoms with Crippen LogP contribution in [0.3, 0.4) is 0 Å². The van der Waals surface area contributed by atoms with Crippen molar-refractivity contribution in [3.63, 3.8) is 0 Å². The second-order valence-corrected chi connectivity index (χ2v) is 7.66. The summed E-state index contributed by atoms with van der Waals surface area (Å²) in [6.45, 7) is 0. The van der Waals surface area contributed by atoms with Crippen LogP contribution in [0.5, 0.6) is 0 Å². The molecule has 0 spiro atoms. The molecule has 0 unspecified atom stereocenters. The fourth-order valence-corrected chi connectivity index (χ4v) is 6.73. The summed E-state index contributed by atoms with van der Waals surface area (Å²) in [4.78, 5) is 1.51. The summed E-state index contributed by atoms with van der Waals surface area (Å²) >= 11 is 0. The number of nitriles is 1. The van der Waals surface area contributed by atoms with Crippen LogP contribution in [0.1, 0.15) is 44.1 Å². The molecule has 1 aromatic carbocycles. The zero-order chi connectivity index (χ0) is 11.7. The highest BCUT2D eigenvalue weighted by Crippen LogP contribution is 2.41. The topological polar surface area (TPSA) is 23.8 Å². The molecule has 1 nitrogen and oxygen atoms in total. The molecule has 2 aliphatic heterocycles. The number of hydrogen-bond acceptors (Lipinski definition) is 1. The Morgan fingerprint density at radius 1 is 0.941 bits per heavy atom. The molecule has 0 radical (unpaired) electrons. The van der Waals surface area contributed by atoms with Crippen molar-refractivity contribution in [3.05, 3.63) is 29.8 Å². The maximum Gasteiger partial charge on any atom is 0.155 e. The van der Waals surface area contributed by atoms with Gasteiger partial charge in [0, 0.05) is 10.9 Å². The first kappa shape index (κ1) is 11.2. The molecule has 0 aromatic heterocycles. The van der Waals surface area contributed by atoms with Crippen LogP contribution in [-0.2, 0) is 10.9 Å². The van der Waals surface area contributed by atoms with Gasteiger partial charge in [-0.25, -0.2) is 0 Å². The van der Waals surface area contributed by atoms with E-state index in [-0.39, 0.29) is 0 Å². The molecule has 2 bridgehead atoms. The molecule has 2 heteroatoms. The van der Waals surface area contributed by atoms with Crippen molar-refractivity contribution in [1.29, 1.82) is 5.26 Å². The lowest BCUT2D eigenvalue weighted by Crippen LogP contribution is -2.40. The van der Waals surface area contributed by atoms with E-state index in [0.29, 0.717) is 10.9 Å². The summed E-state index contributed by atoms with van der Waals surface area (Å²) < 4.78 is 0. The van der Waals surface area contributed by atoms with Gasteiger partial charge in [-0.15, -0.1) is 0 Å². The van der Waals surface area contributed by atoms with Gasteiger partial charge in [0.05, 0.1) is 11.6 Å². The van der Waals surface area contributed by atoms with Crippen LogP contribution < -0.4 is 0 Å². The highest BCUT2D eigenvalue weighted by molar-refractivity contribution is 7.98. The van der Waals surface area contributed by atoms with Gasteiger partial charge in [-0.1, -0.05) is 0 Å². The summed E-state index contributed by atoms with van der Waals surface area (Å²) in [5.74, 6) is 0. The lowest BCUT2D eigenvalue weighted by atomic mass is 9.99. The molecule has 0 atom stereocenters. The molecule has 2 saturated heterocycles.